The summed E-state index contributed by atoms with van der Waals surface area (Å²) in [5.41, 5.74) is 1.44. The fraction of sp³-hybridized carbons (Fsp3) is 0.706. The predicted molar refractivity (Wildman–Crippen MR) is 83.6 cm³/mol. The molecule has 1 spiro atoms. The first-order valence-corrected chi connectivity index (χ1v) is 8.78. The average molecular weight is 333 g/mol. The number of ether oxygens (including phenoxy) is 1. The zero-order valence-corrected chi connectivity index (χ0v) is 13.7. The molecule has 1 saturated carbocycles. The van der Waals surface area contributed by atoms with Crippen molar-refractivity contribution in [2.45, 2.75) is 63.8 Å². The molecule has 1 aromatic heterocycles. The van der Waals surface area contributed by atoms with Crippen LogP contribution in [0, 0.1) is 5.92 Å². The van der Waals surface area contributed by atoms with Gasteiger partial charge in [0.1, 0.15) is 5.60 Å². The van der Waals surface area contributed by atoms with Crippen molar-refractivity contribution in [3.05, 3.63) is 17.5 Å². The van der Waals surface area contributed by atoms with Gasteiger partial charge in [-0.2, -0.15) is 5.10 Å². The third-order valence-corrected chi connectivity index (χ3v) is 5.68. The van der Waals surface area contributed by atoms with Gasteiger partial charge < -0.3 is 14.7 Å². The first-order valence-electron chi connectivity index (χ1n) is 8.78. The predicted octanol–water partition coefficient (Wildman–Crippen LogP) is 0.984. The van der Waals surface area contributed by atoms with Gasteiger partial charge in [-0.25, -0.2) is 0 Å². The van der Waals surface area contributed by atoms with Gasteiger partial charge in [0.15, 0.2) is 0 Å². The maximum absolute atomic E-state index is 13.1. The summed E-state index contributed by atoms with van der Waals surface area (Å²) in [6, 6.07) is 0. The molecule has 1 amide bonds. The molecule has 1 aromatic rings. The second-order valence-electron chi connectivity index (χ2n) is 7.11. The van der Waals surface area contributed by atoms with E-state index in [0.717, 1.165) is 43.4 Å². The standard InChI is InChI=1S/C17H23N3O4/c21-7-6-20-14-11-19(10-12(14)9-18-20)16(23)13-8-15(22)24-17(13)4-2-1-3-5-17/h9,13,21H,1-8,10-11H2. The molecule has 0 aromatic carbocycles. The largest absolute Gasteiger partial charge is 0.458 e. The van der Waals surface area contributed by atoms with E-state index in [9.17, 15) is 9.59 Å². The summed E-state index contributed by atoms with van der Waals surface area (Å²) in [4.78, 5) is 26.8. The molecule has 1 aliphatic carbocycles. The summed E-state index contributed by atoms with van der Waals surface area (Å²) >= 11 is 0. The second-order valence-corrected chi connectivity index (χ2v) is 7.11. The first-order chi connectivity index (χ1) is 11.6. The fourth-order valence-electron chi connectivity index (χ4n) is 4.48. The van der Waals surface area contributed by atoms with E-state index in [1.54, 1.807) is 10.9 Å². The summed E-state index contributed by atoms with van der Waals surface area (Å²) in [5.74, 6) is -0.568. The third-order valence-electron chi connectivity index (χ3n) is 5.68. The molecule has 130 valence electrons. The van der Waals surface area contributed by atoms with Gasteiger partial charge in [0.05, 0.1) is 43.9 Å². The number of carbonyl (C=O) groups excluding carboxylic acids is 2. The average Bonchev–Trinajstić information content (AvgIpc) is 3.23. The number of carbonyl (C=O) groups is 2. The smallest absolute Gasteiger partial charge is 0.307 e. The van der Waals surface area contributed by atoms with E-state index in [2.05, 4.69) is 5.10 Å². The molecule has 2 fully saturated rings. The van der Waals surface area contributed by atoms with E-state index >= 15 is 0 Å². The third kappa shape index (κ3) is 2.42. The summed E-state index contributed by atoms with van der Waals surface area (Å²) in [6.45, 7) is 1.48. The van der Waals surface area contributed by atoms with E-state index in [0.29, 0.717) is 19.6 Å². The molecule has 1 atom stereocenters. The maximum Gasteiger partial charge on any atom is 0.307 e. The van der Waals surface area contributed by atoms with Gasteiger partial charge >= 0.3 is 5.97 Å². The van der Waals surface area contributed by atoms with Crippen LogP contribution < -0.4 is 0 Å². The molecular formula is C17H23N3O4. The molecular weight excluding hydrogens is 310 g/mol. The van der Waals surface area contributed by atoms with Crippen LogP contribution in [0.2, 0.25) is 0 Å². The molecule has 7 heteroatoms. The number of aromatic nitrogens is 2. The summed E-state index contributed by atoms with van der Waals surface area (Å²) < 4.78 is 7.43. The molecule has 24 heavy (non-hydrogen) atoms. The minimum absolute atomic E-state index is 0.0227. The Morgan fingerprint density at radius 1 is 1.33 bits per heavy atom. The van der Waals surface area contributed by atoms with Gasteiger partial charge in [0.25, 0.3) is 0 Å². The van der Waals surface area contributed by atoms with Gasteiger partial charge in [-0.1, -0.05) is 6.42 Å². The fourth-order valence-corrected chi connectivity index (χ4v) is 4.48. The minimum atomic E-state index is -0.571. The molecule has 3 heterocycles. The van der Waals surface area contributed by atoms with Crippen LogP contribution in [0.15, 0.2) is 6.20 Å². The van der Waals surface area contributed by atoms with Crippen LogP contribution in [0.5, 0.6) is 0 Å². The van der Waals surface area contributed by atoms with Gasteiger partial charge in [0.2, 0.25) is 5.91 Å². The lowest BCUT2D eigenvalue weighted by Crippen LogP contribution is -2.46. The van der Waals surface area contributed by atoms with Gasteiger partial charge in [0, 0.05) is 12.1 Å². The van der Waals surface area contributed by atoms with Crippen LogP contribution in [0.3, 0.4) is 0 Å². The van der Waals surface area contributed by atoms with Crippen molar-refractivity contribution in [1.82, 2.24) is 14.7 Å². The van der Waals surface area contributed by atoms with E-state index in [1.165, 1.54) is 0 Å². The number of amides is 1. The Morgan fingerprint density at radius 3 is 2.88 bits per heavy atom. The molecule has 2 aliphatic heterocycles. The number of aliphatic hydroxyl groups excluding tert-OH is 1. The quantitative estimate of drug-likeness (QED) is 0.834. The molecule has 1 N–H and O–H groups in total. The van der Waals surface area contributed by atoms with Gasteiger partial charge in [-0.05, 0) is 25.7 Å². The number of hydrogen-bond donors (Lipinski definition) is 1. The van der Waals surface area contributed by atoms with Crippen molar-refractivity contribution in [1.29, 1.82) is 0 Å². The lowest BCUT2D eigenvalue weighted by molar-refractivity contribution is -0.156. The van der Waals surface area contributed by atoms with Crippen molar-refractivity contribution in [2.24, 2.45) is 5.92 Å². The molecule has 0 bridgehead atoms. The highest BCUT2D eigenvalue weighted by Crippen LogP contribution is 2.45. The van der Waals surface area contributed by atoms with Crippen molar-refractivity contribution in [3.8, 4) is 0 Å². The second kappa shape index (κ2) is 5.88. The molecule has 3 aliphatic rings. The van der Waals surface area contributed by atoms with E-state index in [-0.39, 0.29) is 30.8 Å². The summed E-state index contributed by atoms with van der Waals surface area (Å²) in [6.07, 6.45) is 6.75. The highest BCUT2D eigenvalue weighted by Gasteiger charge is 2.54. The molecule has 1 saturated heterocycles. The zero-order chi connectivity index (χ0) is 16.7. The van der Waals surface area contributed by atoms with Crippen molar-refractivity contribution >= 4 is 11.9 Å². The molecule has 4 rings (SSSR count). The zero-order valence-electron chi connectivity index (χ0n) is 13.7. The van der Waals surface area contributed by atoms with Crippen LogP contribution in [-0.2, 0) is 34.0 Å². The van der Waals surface area contributed by atoms with Crippen molar-refractivity contribution in [2.75, 3.05) is 6.61 Å². The normalized spacial score (nSPS) is 25.1. The van der Waals surface area contributed by atoms with E-state index in [4.69, 9.17) is 9.84 Å². The van der Waals surface area contributed by atoms with Gasteiger partial charge in [-0.15, -0.1) is 0 Å². The van der Waals surface area contributed by atoms with E-state index in [1.807, 2.05) is 4.90 Å². The highest BCUT2D eigenvalue weighted by atomic mass is 16.6. The number of esters is 1. The minimum Gasteiger partial charge on any atom is -0.458 e. The Morgan fingerprint density at radius 2 is 2.12 bits per heavy atom. The number of nitrogens with zero attached hydrogens (tertiary/aromatic N) is 3. The lowest BCUT2D eigenvalue weighted by atomic mass is 9.75. The highest BCUT2D eigenvalue weighted by molar-refractivity contribution is 5.88. The lowest BCUT2D eigenvalue weighted by Gasteiger charge is -2.37. The number of rotatable bonds is 3. The number of hydrogen-bond acceptors (Lipinski definition) is 5. The number of aliphatic hydroxyl groups is 1. The first kappa shape index (κ1) is 15.6. The Bertz CT molecular complexity index is 663. The SMILES string of the molecule is O=C1CC(C(=O)N2Cc3cnn(CCO)c3C2)C2(CCCCC2)O1. The molecule has 7 nitrogen and oxygen atoms in total. The summed E-state index contributed by atoms with van der Waals surface area (Å²) in [5, 5.41) is 13.4. The van der Waals surface area contributed by atoms with Crippen LogP contribution in [0.1, 0.15) is 49.8 Å². The van der Waals surface area contributed by atoms with Crippen LogP contribution in [0.4, 0.5) is 0 Å². The Hall–Kier alpha value is -1.89. The van der Waals surface area contributed by atoms with E-state index < -0.39 is 5.60 Å². The monoisotopic (exact) mass is 333 g/mol. The van der Waals surface area contributed by atoms with Crippen LogP contribution in [0.25, 0.3) is 0 Å². The van der Waals surface area contributed by atoms with Crippen molar-refractivity contribution < 1.29 is 19.4 Å². The number of fused-ring (bicyclic) bond motifs is 1. The van der Waals surface area contributed by atoms with Gasteiger partial charge in [-0.3, -0.25) is 14.3 Å². The van der Waals surface area contributed by atoms with Crippen LogP contribution in [-0.4, -0.2) is 43.9 Å². The summed E-state index contributed by atoms with van der Waals surface area (Å²) in [7, 11) is 0. The van der Waals surface area contributed by atoms with Crippen molar-refractivity contribution in [3.63, 3.8) is 0 Å². The van der Waals surface area contributed by atoms with Crippen LogP contribution >= 0.6 is 0 Å². The Kier molecular flexibility index (Phi) is 3.83. The molecule has 0 radical (unpaired) electrons. The Labute approximate surface area is 140 Å². The molecule has 1 unspecified atom stereocenters. The maximum atomic E-state index is 13.1. The Balaban J connectivity index is 1.52. The topological polar surface area (TPSA) is 84.7 Å².